The molecular formula is C18H23N3S. The largest absolute Gasteiger partial charge is 0.379 e. The first kappa shape index (κ1) is 14.2. The summed E-state index contributed by atoms with van der Waals surface area (Å²) in [6, 6.07) is 9.83. The third kappa shape index (κ3) is 2.55. The van der Waals surface area contributed by atoms with E-state index in [4.69, 9.17) is 0 Å². The highest BCUT2D eigenvalue weighted by atomic mass is 32.1. The molecule has 0 saturated carbocycles. The van der Waals surface area contributed by atoms with E-state index in [1.807, 2.05) is 6.20 Å². The molecule has 5 rings (SSSR count). The van der Waals surface area contributed by atoms with E-state index in [2.05, 4.69) is 53.3 Å². The maximum Gasteiger partial charge on any atom is 0.0803 e. The van der Waals surface area contributed by atoms with Crippen LogP contribution in [0.3, 0.4) is 0 Å². The molecule has 4 heteroatoms. The summed E-state index contributed by atoms with van der Waals surface area (Å²) in [6.45, 7) is 7.05. The summed E-state index contributed by atoms with van der Waals surface area (Å²) < 4.78 is 0. The number of hydrogen-bond acceptors (Lipinski definition) is 4. The van der Waals surface area contributed by atoms with Gasteiger partial charge in [-0.15, -0.1) is 11.3 Å². The highest BCUT2D eigenvalue weighted by molar-refractivity contribution is 7.15. The van der Waals surface area contributed by atoms with Crippen molar-refractivity contribution in [2.75, 3.05) is 18.4 Å². The molecule has 0 aliphatic carbocycles. The van der Waals surface area contributed by atoms with Crippen molar-refractivity contribution in [1.29, 1.82) is 0 Å². The number of rotatable bonds is 3. The summed E-state index contributed by atoms with van der Waals surface area (Å²) in [5, 5.41) is 3.75. The Hall–Kier alpha value is -1.39. The van der Waals surface area contributed by atoms with E-state index in [0.717, 1.165) is 17.3 Å². The number of aryl methyl sites for hydroxylation is 1. The standard InChI is InChI=1S/C18H23N3S/c1-12-3-6-17(22-12)16-5-4-15(11-19-16)20-18-13(2)21-9-7-14(18)8-10-21/h3-6,11,13-14,18,20H,7-10H2,1-2H3/t13-,18+/m1/s1. The van der Waals surface area contributed by atoms with Gasteiger partial charge >= 0.3 is 0 Å². The Morgan fingerprint density at radius 2 is 2.00 bits per heavy atom. The Labute approximate surface area is 136 Å². The summed E-state index contributed by atoms with van der Waals surface area (Å²) in [5.74, 6) is 0.819. The van der Waals surface area contributed by atoms with Crippen LogP contribution in [0.25, 0.3) is 10.6 Å². The van der Waals surface area contributed by atoms with Gasteiger partial charge in [0.05, 0.1) is 22.5 Å². The van der Waals surface area contributed by atoms with Gasteiger partial charge in [0.15, 0.2) is 0 Å². The minimum absolute atomic E-state index is 0.569. The van der Waals surface area contributed by atoms with E-state index >= 15 is 0 Å². The molecule has 2 atom stereocenters. The quantitative estimate of drug-likeness (QED) is 0.928. The van der Waals surface area contributed by atoms with Gasteiger partial charge in [-0.05, 0) is 70.0 Å². The molecule has 116 valence electrons. The van der Waals surface area contributed by atoms with Crippen LogP contribution in [0, 0.1) is 12.8 Å². The third-order valence-corrected chi connectivity index (χ3v) is 6.29. The predicted molar refractivity (Wildman–Crippen MR) is 93.5 cm³/mol. The van der Waals surface area contributed by atoms with E-state index in [0.29, 0.717) is 12.1 Å². The molecule has 3 aliphatic rings. The van der Waals surface area contributed by atoms with Crippen LogP contribution >= 0.6 is 11.3 Å². The van der Waals surface area contributed by atoms with Crippen LogP contribution in [0.1, 0.15) is 24.6 Å². The monoisotopic (exact) mass is 313 g/mol. The lowest BCUT2D eigenvalue weighted by Gasteiger charge is -2.50. The van der Waals surface area contributed by atoms with Crippen LogP contribution in [0.5, 0.6) is 0 Å². The Balaban J connectivity index is 1.49. The van der Waals surface area contributed by atoms with Crippen molar-refractivity contribution in [3.63, 3.8) is 0 Å². The fraction of sp³-hybridized carbons (Fsp3) is 0.500. The van der Waals surface area contributed by atoms with Gasteiger partial charge in [-0.1, -0.05) is 0 Å². The minimum Gasteiger partial charge on any atom is -0.379 e. The normalized spacial score (nSPS) is 30.5. The lowest BCUT2D eigenvalue weighted by molar-refractivity contribution is 0.0458. The van der Waals surface area contributed by atoms with E-state index in [9.17, 15) is 0 Å². The van der Waals surface area contributed by atoms with Crippen molar-refractivity contribution in [3.05, 3.63) is 35.3 Å². The minimum atomic E-state index is 0.569. The molecule has 3 aliphatic heterocycles. The first-order valence-corrected chi connectivity index (χ1v) is 9.06. The zero-order valence-electron chi connectivity index (χ0n) is 13.2. The topological polar surface area (TPSA) is 28.2 Å². The first-order valence-electron chi connectivity index (χ1n) is 8.24. The van der Waals surface area contributed by atoms with Gasteiger partial charge in [0.2, 0.25) is 0 Å². The maximum atomic E-state index is 4.65. The number of pyridine rings is 1. The average Bonchev–Trinajstić information content (AvgIpc) is 2.98. The van der Waals surface area contributed by atoms with E-state index in [1.54, 1.807) is 11.3 Å². The van der Waals surface area contributed by atoms with Gasteiger partial charge in [-0.2, -0.15) is 0 Å². The zero-order chi connectivity index (χ0) is 15.1. The predicted octanol–water partition coefficient (Wildman–Crippen LogP) is 4.01. The molecule has 2 aromatic rings. The fourth-order valence-electron chi connectivity index (χ4n) is 3.93. The number of nitrogens with one attached hydrogen (secondary N) is 1. The van der Waals surface area contributed by atoms with Gasteiger partial charge in [0, 0.05) is 17.0 Å². The van der Waals surface area contributed by atoms with Crippen LogP contribution in [0.15, 0.2) is 30.5 Å². The number of hydrogen-bond donors (Lipinski definition) is 1. The number of thiophene rings is 1. The highest BCUT2D eigenvalue weighted by Crippen LogP contribution is 2.34. The third-order valence-electron chi connectivity index (χ3n) is 5.27. The van der Waals surface area contributed by atoms with Crippen molar-refractivity contribution < 1.29 is 0 Å². The van der Waals surface area contributed by atoms with Gasteiger partial charge < -0.3 is 5.32 Å². The Morgan fingerprint density at radius 3 is 2.59 bits per heavy atom. The second-order valence-electron chi connectivity index (χ2n) is 6.63. The Morgan fingerprint density at radius 1 is 1.18 bits per heavy atom. The molecule has 1 N–H and O–H groups in total. The molecule has 5 heterocycles. The van der Waals surface area contributed by atoms with Crippen molar-refractivity contribution in [2.24, 2.45) is 5.92 Å². The Bertz CT molecular complexity index is 639. The fourth-order valence-corrected chi connectivity index (χ4v) is 4.78. The van der Waals surface area contributed by atoms with Crippen molar-refractivity contribution in [3.8, 4) is 10.6 Å². The molecule has 0 aromatic carbocycles. The molecular weight excluding hydrogens is 290 g/mol. The van der Waals surface area contributed by atoms with Crippen LogP contribution < -0.4 is 5.32 Å². The molecule has 2 aromatic heterocycles. The summed E-state index contributed by atoms with van der Waals surface area (Å²) in [4.78, 5) is 9.85. The van der Waals surface area contributed by atoms with Crippen LogP contribution in [0.2, 0.25) is 0 Å². The van der Waals surface area contributed by atoms with Crippen molar-refractivity contribution in [2.45, 2.75) is 38.8 Å². The molecule has 3 fully saturated rings. The van der Waals surface area contributed by atoms with E-state index < -0.39 is 0 Å². The molecule has 0 amide bonds. The maximum absolute atomic E-state index is 4.65. The van der Waals surface area contributed by atoms with E-state index in [1.165, 1.54) is 35.7 Å². The molecule has 22 heavy (non-hydrogen) atoms. The lowest BCUT2D eigenvalue weighted by Crippen LogP contribution is -2.59. The van der Waals surface area contributed by atoms with Crippen LogP contribution in [0.4, 0.5) is 5.69 Å². The molecule has 0 radical (unpaired) electrons. The second-order valence-corrected chi connectivity index (χ2v) is 7.91. The molecule has 2 bridgehead atoms. The smallest absolute Gasteiger partial charge is 0.0803 e. The average molecular weight is 313 g/mol. The lowest BCUT2D eigenvalue weighted by atomic mass is 9.79. The van der Waals surface area contributed by atoms with Crippen molar-refractivity contribution >= 4 is 17.0 Å². The molecule has 0 unspecified atom stereocenters. The summed E-state index contributed by atoms with van der Waals surface area (Å²) >= 11 is 1.80. The number of piperidine rings is 3. The number of aromatic nitrogens is 1. The molecule has 3 saturated heterocycles. The van der Waals surface area contributed by atoms with Gasteiger partial charge in [-0.25, -0.2) is 0 Å². The summed E-state index contributed by atoms with van der Waals surface area (Å²) in [7, 11) is 0. The zero-order valence-corrected chi connectivity index (χ0v) is 14.1. The van der Waals surface area contributed by atoms with Gasteiger partial charge in [0.25, 0.3) is 0 Å². The van der Waals surface area contributed by atoms with Crippen molar-refractivity contribution in [1.82, 2.24) is 9.88 Å². The van der Waals surface area contributed by atoms with Crippen LogP contribution in [-0.2, 0) is 0 Å². The van der Waals surface area contributed by atoms with Gasteiger partial charge in [0.1, 0.15) is 0 Å². The molecule has 0 spiro atoms. The highest BCUT2D eigenvalue weighted by Gasteiger charge is 2.39. The number of nitrogens with zero attached hydrogens (tertiary/aromatic N) is 2. The van der Waals surface area contributed by atoms with E-state index in [-0.39, 0.29) is 0 Å². The molecule has 3 nitrogen and oxygen atoms in total. The van der Waals surface area contributed by atoms with Crippen LogP contribution in [-0.4, -0.2) is 35.1 Å². The summed E-state index contributed by atoms with van der Waals surface area (Å²) in [6.07, 6.45) is 4.67. The number of anilines is 1. The SMILES string of the molecule is Cc1ccc(-c2ccc(N[C@@H]3C4CCN(CC4)[C@@H]3C)cn2)s1. The van der Waals surface area contributed by atoms with Gasteiger partial charge in [-0.3, -0.25) is 9.88 Å². The number of fused-ring (bicyclic) bond motifs is 3. The second kappa shape index (κ2) is 5.67. The summed E-state index contributed by atoms with van der Waals surface area (Å²) in [5.41, 5.74) is 2.23. The first-order chi connectivity index (χ1) is 10.7. The Kier molecular flexibility index (Phi) is 3.66.